The third-order valence-corrected chi connectivity index (χ3v) is 2.45. The van der Waals surface area contributed by atoms with Gasteiger partial charge >= 0.3 is 6.09 Å². The molecule has 1 saturated heterocycles. The molecule has 84 valence electrons. The quantitative estimate of drug-likeness (QED) is 0.571. The molecule has 0 saturated carbocycles. The van der Waals surface area contributed by atoms with E-state index in [1.807, 2.05) is 32.9 Å². The SMILES string of the molecule is CC(C)(C)OC(=O)N1C2C=CC1COC2. The van der Waals surface area contributed by atoms with Crippen LogP contribution in [0, 0.1) is 0 Å². The van der Waals surface area contributed by atoms with Crippen molar-refractivity contribution in [3.05, 3.63) is 12.2 Å². The summed E-state index contributed by atoms with van der Waals surface area (Å²) in [5.74, 6) is 0. The van der Waals surface area contributed by atoms with E-state index in [9.17, 15) is 4.79 Å². The maximum atomic E-state index is 11.9. The van der Waals surface area contributed by atoms with E-state index in [-0.39, 0.29) is 18.2 Å². The van der Waals surface area contributed by atoms with Crippen LogP contribution >= 0.6 is 0 Å². The van der Waals surface area contributed by atoms with Gasteiger partial charge in [-0.3, -0.25) is 4.90 Å². The molecule has 15 heavy (non-hydrogen) atoms. The van der Waals surface area contributed by atoms with Crippen LogP contribution in [0.4, 0.5) is 4.79 Å². The van der Waals surface area contributed by atoms with Crippen molar-refractivity contribution in [2.24, 2.45) is 0 Å². The summed E-state index contributed by atoms with van der Waals surface area (Å²) in [4.78, 5) is 13.6. The van der Waals surface area contributed by atoms with Crippen LogP contribution in [0.1, 0.15) is 20.8 Å². The second-order valence-electron chi connectivity index (χ2n) is 4.94. The average Bonchev–Trinajstić information content (AvgIpc) is 2.34. The van der Waals surface area contributed by atoms with Crippen LogP contribution in [-0.2, 0) is 9.47 Å². The Bertz CT molecular complexity index is 279. The van der Waals surface area contributed by atoms with E-state index in [1.165, 1.54) is 0 Å². The zero-order valence-corrected chi connectivity index (χ0v) is 9.40. The van der Waals surface area contributed by atoms with Crippen LogP contribution < -0.4 is 0 Å². The second kappa shape index (κ2) is 3.52. The summed E-state index contributed by atoms with van der Waals surface area (Å²) in [5, 5.41) is 0. The van der Waals surface area contributed by atoms with Gasteiger partial charge in [0, 0.05) is 0 Å². The molecule has 2 atom stereocenters. The minimum absolute atomic E-state index is 0.0543. The fourth-order valence-corrected chi connectivity index (χ4v) is 1.85. The van der Waals surface area contributed by atoms with Gasteiger partial charge in [0.25, 0.3) is 0 Å². The highest BCUT2D eigenvalue weighted by molar-refractivity contribution is 5.70. The molecule has 2 bridgehead atoms. The van der Waals surface area contributed by atoms with Crippen molar-refractivity contribution in [3.63, 3.8) is 0 Å². The Balaban J connectivity index is 2.03. The topological polar surface area (TPSA) is 38.8 Å². The van der Waals surface area contributed by atoms with Gasteiger partial charge in [0.15, 0.2) is 0 Å². The Morgan fingerprint density at radius 1 is 1.33 bits per heavy atom. The molecule has 0 aromatic rings. The number of morpholine rings is 1. The molecule has 0 radical (unpaired) electrons. The highest BCUT2D eigenvalue weighted by Crippen LogP contribution is 2.24. The Morgan fingerprint density at radius 2 is 1.87 bits per heavy atom. The summed E-state index contributed by atoms with van der Waals surface area (Å²) in [6, 6.07) is 0.109. The van der Waals surface area contributed by atoms with Gasteiger partial charge in [-0.2, -0.15) is 0 Å². The molecule has 4 nitrogen and oxygen atoms in total. The molecule has 4 heteroatoms. The van der Waals surface area contributed by atoms with Crippen LogP contribution in [0.25, 0.3) is 0 Å². The van der Waals surface area contributed by atoms with Gasteiger partial charge in [-0.1, -0.05) is 12.2 Å². The highest BCUT2D eigenvalue weighted by atomic mass is 16.6. The predicted octanol–water partition coefficient (Wildman–Crippen LogP) is 1.56. The predicted molar refractivity (Wildman–Crippen MR) is 55.6 cm³/mol. The van der Waals surface area contributed by atoms with Gasteiger partial charge < -0.3 is 9.47 Å². The first-order chi connectivity index (χ1) is 6.97. The van der Waals surface area contributed by atoms with E-state index < -0.39 is 5.60 Å². The lowest BCUT2D eigenvalue weighted by atomic mass is 10.2. The van der Waals surface area contributed by atoms with Gasteiger partial charge in [-0.15, -0.1) is 0 Å². The van der Waals surface area contributed by atoms with Crippen molar-refractivity contribution >= 4 is 6.09 Å². The number of fused-ring (bicyclic) bond motifs is 2. The fraction of sp³-hybridized carbons (Fsp3) is 0.727. The zero-order chi connectivity index (χ0) is 11.1. The van der Waals surface area contributed by atoms with Crippen LogP contribution in [0.3, 0.4) is 0 Å². The van der Waals surface area contributed by atoms with Gasteiger partial charge in [0.05, 0.1) is 25.3 Å². The first-order valence-corrected chi connectivity index (χ1v) is 5.25. The lowest BCUT2D eigenvalue weighted by Gasteiger charge is -2.35. The smallest absolute Gasteiger partial charge is 0.411 e. The molecule has 2 aliphatic heterocycles. The third kappa shape index (κ3) is 2.15. The minimum Gasteiger partial charge on any atom is -0.444 e. The number of ether oxygens (including phenoxy) is 2. The van der Waals surface area contributed by atoms with Crippen molar-refractivity contribution < 1.29 is 14.3 Å². The molecular formula is C11H17NO3. The molecule has 2 heterocycles. The molecule has 0 aromatic heterocycles. The molecule has 2 aliphatic rings. The number of rotatable bonds is 0. The average molecular weight is 211 g/mol. The van der Waals surface area contributed by atoms with Crippen LogP contribution in [0.5, 0.6) is 0 Å². The molecule has 1 fully saturated rings. The van der Waals surface area contributed by atoms with E-state index in [4.69, 9.17) is 9.47 Å². The number of hydrogen-bond donors (Lipinski definition) is 0. The van der Waals surface area contributed by atoms with Crippen molar-refractivity contribution in [3.8, 4) is 0 Å². The summed E-state index contributed by atoms with van der Waals surface area (Å²) >= 11 is 0. The molecule has 0 aromatic carbocycles. The number of carbonyl (C=O) groups excluding carboxylic acids is 1. The van der Waals surface area contributed by atoms with E-state index in [1.54, 1.807) is 4.90 Å². The fourth-order valence-electron chi connectivity index (χ4n) is 1.85. The Kier molecular flexibility index (Phi) is 2.46. The first kappa shape index (κ1) is 10.5. The maximum Gasteiger partial charge on any atom is 0.411 e. The summed E-state index contributed by atoms with van der Waals surface area (Å²) < 4.78 is 10.7. The van der Waals surface area contributed by atoms with Gasteiger partial charge in [0.1, 0.15) is 5.60 Å². The lowest BCUT2D eigenvalue weighted by molar-refractivity contribution is -0.0311. The molecular weight excluding hydrogens is 194 g/mol. The van der Waals surface area contributed by atoms with Gasteiger partial charge in [-0.25, -0.2) is 4.79 Å². The molecule has 0 N–H and O–H groups in total. The van der Waals surface area contributed by atoms with Crippen molar-refractivity contribution in [2.45, 2.75) is 38.5 Å². The van der Waals surface area contributed by atoms with Crippen molar-refractivity contribution in [1.29, 1.82) is 0 Å². The van der Waals surface area contributed by atoms with Gasteiger partial charge in [0.2, 0.25) is 0 Å². The van der Waals surface area contributed by atoms with Crippen LogP contribution in [0.2, 0.25) is 0 Å². The molecule has 0 aliphatic carbocycles. The highest BCUT2D eigenvalue weighted by Gasteiger charge is 2.38. The zero-order valence-electron chi connectivity index (χ0n) is 9.40. The Hall–Kier alpha value is -1.03. The summed E-state index contributed by atoms with van der Waals surface area (Å²) in [6.07, 6.45) is 3.79. The molecule has 0 spiro atoms. The van der Waals surface area contributed by atoms with Gasteiger partial charge in [-0.05, 0) is 20.8 Å². The summed E-state index contributed by atoms with van der Waals surface area (Å²) in [6.45, 7) is 6.78. The number of carbonyl (C=O) groups is 1. The monoisotopic (exact) mass is 211 g/mol. The van der Waals surface area contributed by atoms with E-state index in [0.29, 0.717) is 13.2 Å². The Morgan fingerprint density at radius 3 is 2.33 bits per heavy atom. The third-order valence-electron chi connectivity index (χ3n) is 2.45. The van der Waals surface area contributed by atoms with Crippen molar-refractivity contribution in [2.75, 3.05) is 13.2 Å². The number of nitrogens with zero attached hydrogens (tertiary/aromatic N) is 1. The molecule has 2 rings (SSSR count). The number of amides is 1. The number of hydrogen-bond acceptors (Lipinski definition) is 3. The lowest BCUT2D eigenvalue weighted by Crippen LogP contribution is -2.51. The normalized spacial score (nSPS) is 29.4. The van der Waals surface area contributed by atoms with E-state index in [2.05, 4.69) is 0 Å². The van der Waals surface area contributed by atoms with Crippen LogP contribution in [0.15, 0.2) is 12.2 Å². The summed E-state index contributed by atoms with van der Waals surface area (Å²) in [5.41, 5.74) is -0.436. The largest absolute Gasteiger partial charge is 0.444 e. The van der Waals surface area contributed by atoms with E-state index >= 15 is 0 Å². The van der Waals surface area contributed by atoms with Crippen molar-refractivity contribution in [1.82, 2.24) is 4.90 Å². The maximum absolute atomic E-state index is 11.9. The molecule has 2 unspecified atom stereocenters. The standard InChI is InChI=1S/C11H17NO3/c1-11(2,3)15-10(13)12-8-4-5-9(12)7-14-6-8/h4-5,8-9H,6-7H2,1-3H3. The van der Waals surface area contributed by atoms with Crippen LogP contribution in [-0.4, -0.2) is 41.9 Å². The molecule has 1 amide bonds. The Labute approximate surface area is 89.8 Å². The summed E-state index contributed by atoms with van der Waals surface area (Å²) in [7, 11) is 0. The minimum atomic E-state index is -0.436. The first-order valence-electron chi connectivity index (χ1n) is 5.25. The second-order valence-corrected chi connectivity index (χ2v) is 4.94. The van der Waals surface area contributed by atoms with E-state index in [0.717, 1.165) is 0 Å².